The van der Waals surface area contributed by atoms with Crippen molar-refractivity contribution in [3.8, 4) is 0 Å². The Kier molecular flexibility index (Phi) is 6.07. The summed E-state index contributed by atoms with van der Waals surface area (Å²) in [5, 5.41) is 10.2. The molecule has 3 nitrogen and oxygen atoms in total. The third kappa shape index (κ3) is 3.50. The summed E-state index contributed by atoms with van der Waals surface area (Å²) >= 11 is 0. The maximum atomic E-state index is 12.8. The lowest BCUT2D eigenvalue weighted by molar-refractivity contribution is -0.149. The first-order valence-electron chi connectivity index (χ1n) is 13.4. The first-order chi connectivity index (χ1) is 15.3. The van der Waals surface area contributed by atoms with Crippen LogP contribution in [0.3, 0.4) is 0 Å². The Labute approximate surface area is 201 Å². The van der Waals surface area contributed by atoms with Crippen molar-refractivity contribution in [3.63, 3.8) is 0 Å². The molecule has 4 aliphatic carbocycles. The maximum Gasteiger partial charge on any atom is 0.306 e. The zero-order chi connectivity index (χ0) is 24.4. The van der Waals surface area contributed by atoms with Gasteiger partial charge in [-0.05, 0) is 99.2 Å². The maximum absolute atomic E-state index is 12.8. The molecule has 0 spiro atoms. The largest absolute Gasteiger partial charge is 0.481 e. The minimum atomic E-state index is -0.605. The van der Waals surface area contributed by atoms with Crippen LogP contribution in [-0.4, -0.2) is 16.9 Å². The molecule has 0 saturated heterocycles. The molecular weight excluding hydrogens is 408 g/mol. The summed E-state index contributed by atoms with van der Waals surface area (Å²) in [4.78, 5) is 25.2. The number of carbonyl (C=O) groups is 2. The summed E-state index contributed by atoms with van der Waals surface area (Å²) in [7, 11) is 0. The van der Waals surface area contributed by atoms with Gasteiger partial charge in [0.25, 0.3) is 0 Å². The number of rotatable bonds is 5. The summed E-state index contributed by atoms with van der Waals surface area (Å²) in [5.74, 6) is 0.766. The lowest BCUT2D eigenvalue weighted by atomic mass is 9.41. The molecule has 3 heteroatoms. The predicted molar refractivity (Wildman–Crippen MR) is 134 cm³/mol. The minimum Gasteiger partial charge on any atom is -0.481 e. The van der Waals surface area contributed by atoms with Gasteiger partial charge in [0.15, 0.2) is 0 Å². The molecule has 0 amide bonds. The van der Waals surface area contributed by atoms with Gasteiger partial charge in [-0.2, -0.15) is 0 Å². The quantitative estimate of drug-likeness (QED) is 0.435. The van der Waals surface area contributed by atoms with E-state index in [0.29, 0.717) is 24.0 Å². The standard InChI is InChI=1S/C30H46O3/c1-19(2)9-8-10-20(26(32)33)21-13-17-30(7)23-11-12-24-27(3,4)25(31)15-16-28(24,5)22(23)14-18-29(21,30)6/h9,11,20-22,24H,8,10,12-18H2,1-7H3,(H,32,33)/t20-,21-,22-,24+,28+,29-,30+/m0/s1. The number of fused-ring (bicyclic) bond motifs is 5. The molecule has 0 aromatic carbocycles. The highest BCUT2D eigenvalue weighted by atomic mass is 16.4. The van der Waals surface area contributed by atoms with Gasteiger partial charge in [-0.1, -0.05) is 57.9 Å². The zero-order valence-electron chi connectivity index (χ0n) is 22.1. The molecule has 0 radical (unpaired) electrons. The molecule has 7 atom stereocenters. The average Bonchev–Trinajstić information content (AvgIpc) is 3.00. The average molecular weight is 455 g/mol. The van der Waals surface area contributed by atoms with E-state index in [1.165, 1.54) is 5.57 Å². The SMILES string of the molecule is CC(C)=CCC[C@H](C(=O)O)[C@@H]1CC[C@]2(C)C3=CC[C@@H]4C(C)(C)C(=O)CC[C@]4(C)[C@H]3CC[C@@]12C. The summed E-state index contributed by atoms with van der Waals surface area (Å²) in [6, 6.07) is 0. The van der Waals surface area contributed by atoms with E-state index in [0.717, 1.165) is 51.4 Å². The molecule has 3 fully saturated rings. The molecule has 184 valence electrons. The van der Waals surface area contributed by atoms with E-state index in [9.17, 15) is 14.7 Å². The van der Waals surface area contributed by atoms with Gasteiger partial charge in [0.2, 0.25) is 0 Å². The molecule has 0 aromatic heterocycles. The molecular formula is C30H46O3. The Morgan fingerprint density at radius 2 is 1.82 bits per heavy atom. The lowest BCUT2D eigenvalue weighted by Gasteiger charge is -2.63. The number of carboxylic acids is 1. The summed E-state index contributed by atoms with van der Waals surface area (Å²) in [5.41, 5.74) is 2.94. The molecule has 0 unspecified atom stereocenters. The molecule has 0 aliphatic heterocycles. The van der Waals surface area contributed by atoms with E-state index in [1.807, 2.05) is 0 Å². The third-order valence-corrected chi connectivity index (χ3v) is 11.5. The van der Waals surface area contributed by atoms with E-state index in [-0.39, 0.29) is 33.5 Å². The molecule has 3 saturated carbocycles. The fourth-order valence-corrected chi connectivity index (χ4v) is 9.25. The Morgan fingerprint density at radius 3 is 2.45 bits per heavy atom. The van der Waals surface area contributed by atoms with Crippen LogP contribution in [0.4, 0.5) is 0 Å². The number of aliphatic carboxylic acids is 1. The summed E-state index contributed by atoms with van der Waals surface area (Å²) in [6.07, 6.45) is 13.4. The minimum absolute atomic E-state index is 0.0343. The lowest BCUT2D eigenvalue weighted by Crippen LogP contribution is -2.57. The van der Waals surface area contributed by atoms with Gasteiger partial charge in [-0.25, -0.2) is 0 Å². The van der Waals surface area contributed by atoms with Gasteiger partial charge in [0, 0.05) is 11.8 Å². The second-order valence-electron chi connectivity index (χ2n) is 13.4. The van der Waals surface area contributed by atoms with Crippen LogP contribution in [0.5, 0.6) is 0 Å². The fourth-order valence-electron chi connectivity index (χ4n) is 9.25. The van der Waals surface area contributed by atoms with Crippen LogP contribution < -0.4 is 0 Å². The third-order valence-electron chi connectivity index (χ3n) is 11.5. The first kappa shape index (κ1) is 24.7. The van der Waals surface area contributed by atoms with Crippen molar-refractivity contribution in [2.75, 3.05) is 0 Å². The molecule has 1 N–H and O–H groups in total. The van der Waals surface area contributed by atoms with Gasteiger partial charge in [-0.3, -0.25) is 9.59 Å². The highest BCUT2D eigenvalue weighted by Crippen LogP contribution is 2.73. The van der Waals surface area contributed by atoms with Gasteiger partial charge in [0.05, 0.1) is 5.92 Å². The number of carbonyl (C=O) groups excluding carboxylic acids is 1. The van der Waals surface area contributed by atoms with Gasteiger partial charge in [0.1, 0.15) is 5.78 Å². The van der Waals surface area contributed by atoms with Crippen LogP contribution in [0.1, 0.15) is 106 Å². The second kappa shape index (κ2) is 8.09. The predicted octanol–water partition coefficient (Wildman–Crippen LogP) is 7.61. The van der Waals surface area contributed by atoms with Crippen LogP contribution in [0.25, 0.3) is 0 Å². The Hall–Kier alpha value is -1.38. The Balaban J connectivity index is 1.67. The number of carboxylic acid groups (broad SMARTS) is 1. The molecule has 0 aromatic rings. The van der Waals surface area contributed by atoms with Gasteiger partial charge in [-0.15, -0.1) is 0 Å². The van der Waals surface area contributed by atoms with E-state index in [2.05, 4.69) is 60.6 Å². The highest BCUT2D eigenvalue weighted by molar-refractivity contribution is 5.85. The molecule has 4 aliphatic rings. The first-order valence-corrected chi connectivity index (χ1v) is 13.4. The van der Waals surface area contributed by atoms with E-state index >= 15 is 0 Å². The number of allylic oxidation sites excluding steroid dienone is 4. The normalized spacial score (nSPS) is 42.5. The van der Waals surface area contributed by atoms with Crippen molar-refractivity contribution in [2.45, 2.75) is 106 Å². The topological polar surface area (TPSA) is 54.4 Å². The highest BCUT2D eigenvalue weighted by Gasteiger charge is 2.66. The summed E-state index contributed by atoms with van der Waals surface area (Å²) < 4.78 is 0. The summed E-state index contributed by atoms with van der Waals surface area (Å²) in [6.45, 7) is 15.9. The van der Waals surface area contributed by atoms with Crippen molar-refractivity contribution in [2.24, 2.45) is 45.3 Å². The van der Waals surface area contributed by atoms with Gasteiger partial charge >= 0.3 is 5.97 Å². The van der Waals surface area contributed by atoms with E-state index in [1.54, 1.807) is 5.57 Å². The second-order valence-corrected chi connectivity index (χ2v) is 13.4. The van der Waals surface area contributed by atoms with Gasteiger partial charge < -0.3 is 5.11 Å². The molecule has 0 heterocycles. The van der Waals surface area contributed by atoms with Crippen molar-refractivity contribution < 1.29 is 14.7 Å². The Bertz CT molecular complexity index is 890. The smallest absolute Gasteiger partial charge is 0.306 e. The molecule has 0 bridgehead atoms. The van der Waals surface area contributed by atoms with Crippen LogP contribution in [0, 0.1) is 45.3 Å². The number of ketones is 1. The molecule has 33 heavy (non-hydrogen) atoms. The van der Waals surface area contributed by atoms with Crippen LogP contribution in [-0.2, 0) is 9.59 Å². The van der Waals surface area contributed by atoms with Crippen LogP contribution in [0.2, 0.25) is 0 Å². The van der Waals surface area contributed by atoms with E-state index < -0.39 is 5.97 Å². The van der Waals surface area contributed by atoms with Crippen molar-refractivity contribution in [3.05, 3.63) is 23.3 Å². The number of Topliss-reactive ketones (excluding diaryl/α,β-unsaturated/α-hetero) is 1. The monoisotopic (exact) mass is 454 g/mol. The van der Waals surface area contributed by atoms with Crippen molar-refractivity contribution in [1.82, 2.24) is 0 Å². The van der Waals surface area contributed by atoms with E-state index in [4.69, 9.17) is 0 Å². The van der Waals surface area contributed by atoms with Crippen molar-refractivity contribution in [1.29, 1.82) is 0 Å². The van der Waals surface area contributed by atoms with Crippen LogP contribution in [0.15, 0.2) is 23.3 Å². The molecule has 4 rings (SSSR count). The zero-order valence-corrected chi connectivity index (χ0v) is 22.1. The van der Waals surface area contributed by atoms with Crippen molar-refractivity contribution >= 4 is 11.8 Å². The Morgan fingerprint density at radius 1 is 1.12 bits per heavy atom. The number of hydrogen-bond donors (Lipinski definition) is 1. The number of hydrogen-bond acceptors (Lipinski definition) is 2. The fraction of sp³-hybridized carbons (Fsp3) is 0.800. The van der Waals surface area contributed by atoms with Crippen LogP contribution >= 0.6 is 0 Å².